The van der Waals surface area contributed by atoms with Crippen molar-refractivity contribution in [3.8, 4) is 11.1 Å². The summed E-state index contributed by atoms with van der Waals surface area (Å²) in [6.07, 6.45) is 6.13. The summed E-state index contributed by atoms with van der Waals surface area (Å²) < 4.78 is 0. The van der Waals surface area contributed by atoms with E-state index >= 15 is 0 Å². The summed E-state index contributed by atoms with van der Waals surface area (Å²) in [7, 11) is 0. The zero-order chi connectivity index (χ0) is 22.5. The van der Waals surface area contributed by atoms with E-state index in [2.05, 4.69) is 20.0 Å². The van der Waals surface area contributed by atoms with Crippen LogP contribution in [0.3, 0.4) is 0 Å². The maximum absolute atomic E-state index is 11.1. The van der Waals surface area contributed by atoms with Gasteiger partial charge in [-0.1, -0.05) is 36.4 Å². The lowest BCUT2D eigenvalue weighted by Gasteiger charge is -2.14. The minimum Gasteiger partial charge on any atom is -0.211 e. The van der Waals surface area contributed by atoms with Crippen molar-refractivity contribution in [2.24, 2.45) is 20.0 Å². The Morgan fingerprint density at radius 3 is 1.19 bits per heavy atom. The number of benzene rings is 4. The van der Waals surface area contributed by atoms with Crippen LogP contribution < -0.4 is 0 Å². The van der Waals surface area contributed by atoms with Crippen LogP contribution in [0.15, 0.2) is 80.6 Å². The van der Waals surface area contributed by atoms with Crippen molar-refractivity contribution >= 4 is 68.6 Å². The molecule has 8 heteroatoms. The van der Waals surface area contributed by atoms with Crippen LogP contribution in [0.1, 0.15) is 0 Å². The zero-order valence-corrected chi connectivity index (χ0v) is 16.2. The van der Waals surface area contributed by atoms with Crippen LogP contribution >= 0.6 is 0 Å². The quantitative estimate of drug-likeness (QED) is 0.313. The van der Waals surface area contributed by atoms with E-state index in [0.717, 1.165) is 0 Å². The molecule has 0 aliphatic carbocycles. The second kappa shape index (κ2) is 8.74. The van der Waals surface area contributed by atoms with Crippen LogP contribution in [0, 0.1) is 0 Å². The van der Waals surface area contributed by atoms with Crippen molar-refractivity contribution in [2.75, 3.05) is 0 Å². The van der Waals surface area contributed by atoms with E-state index in [-0.39, 0.29) is 0 Å². The lowest BCUT2D eigenvalue weighted by atomic mass is 9.91. The number of carbonyl (C=O) groups excluding carboxylic acids is 4. The van der Waals surface area contributed by atoms with E-state index in [4.69, 9.17) is 0 Å². The third-order valence-electron chi connectivity index (χ3n) is 4.95. The van der Waals surface area contributed by atoms with Crippen molar-refractivity contribution in [3.05, 3.63) is 60.7 Å². The van der Waals surface area contributed by atoms with E-state index in [1.165, 1.54) is 12.2 Å². The Balaban J connectivity index is 2.24. The minimum atomic E-state index is 0.315. The summed E-state index contributed by atoms with van der Waals surface area (Å²) >= 11 is 0. The number of isocyanates is 4. The normalized spacial score (nSPS) is 9.88. The SMILES string of the molecule is O=C=Nc1ccc(-c2ccc(N=C=O)c3cccc(N=C=O)c23)c2c(N=C=O)cccc12. The molecule has 0 atom stereocenters. The van der Waals surface area contributed by atoms with Crippen LogP contribution in [0.4, 0.5) is 22.7 Å². The standard InChI is InChI=1S/C24H10N4O4/c29-11-25-19-9-7-15(23-17(19)3-1-5-21(23)27-13-31)16-8-10-20(26-12-30)18-4-2-6-22(24(16)18)28-14-32/h1-10H. The molecule has 0 aliphatic heterocycles. The van der Waals surface area contributed by atoms with Crippen molar-refractivity contribution in [2.45, 2.75) is 0 Å². The Hall–Kier alpha value is -5.08. The summed E-state index contributed by atoms with van der Waals surface area (Å²) in [5, 5.41) is 2.18. The summed E-state index contributed by atoms with van der Waals surface area (Å²) in [5.74, 6) is 0. The number of hydrogen-bond acceptors (Lipinski definition) is 8. The van der Waals surface area contributed by atoms with E-state index in [1.807, 2.05) is 0 Å². The van der Waals surface area contributed by atoms with Gasteiger partial charge in [0.05, 0.1) is 22.7 Å². The monoisotopic (exact) mass is 418 g/mol. The maximum Gasteiger partial charge on any atom is 0.240 e. The average Bonchev–Trinajstić information content (AvgIpc) is 2.81. The second-order valence-electron chi connectivity index (χ2n) is 6.48. The number of rotatable bonds is 5. The number of fused-ring (bicyclic) bond motifs is 2. The van der Waals surface area contributed by atoms with E-state index in [9.17, 15) is 19.2 Å². The highest BCUT2D eigenvalue weighted by Gasteiger charge is 2.17. The van der Waals surface area contributed by atoms with Crippen molar-refractivity contribution in [3.63, 3.8) is 0 Å². The average molecular weight is 418 g/mol. The molecule has 0 bridgehead atoms. The van der Waals surface area contributed by atoms with Gasteiger partial charge in [0.25, 0.3) is 0 Å². The van der Waals surface area contributed by atoms with Gasteiger partial charge in [-0.2, -0.15) is 20.0 Å². The van der Waals surface area contributed by atoms with E-state index in [1.54, 1.807) is 72.8 Å². The molecule has 4 rings (SSSR count). The molecule has 8 nitrogen and oxygen atoms in total. The molecule has 0 spiro atoms. The lowest BCUT2D eigenvalue weighted by Crippen LogP contribution is -1.87. The minimum absolute atomic E-state index is 0.315. The van der Waals surface area contributed by atoms with Gasteiger partial charge in [0.2, 0.25) is 24.3 Å². The maximum atomic E-state index is 11.1. The van der Waals surface area contributed by atoms with Crippen LogP contribution in [0.25, 0.3) is 32.7 Å². The molecule has 0 aromatic heterocycles. The molecule has 4 aromatic carbocycles. The second-order valence-corrected chi connectivity index (χ2v) is 6.48. The predicted molar refractivity (Wildman–Crippen MR) is 118 cm³/mol. The number of nitrogens with zero attached hydrogens (tertiary/aromatic N) is 4. The highest BCUT2D eigenvalue weighted by atomic mass is 16.1. The summed E-state index contributed by atoms with van der Waals surface area (Å²) in [5.41, 5.74) is 2.57. The van der Waals surface area contributed by atoms with Crippen molar-refractivity contribution in [1.29, 1.82) is 0 Å². The van der Waals surface area contributed by atoms with Crippen LogP contribution in [0.2, 0.25) is 0 Å². The molecule has 0 radical (unpaired) electrons. The molecule has 0 aliphatic rings. The van der Waals surface area contributed by atoms with Crippen LogP contribution in [-0.4, -0.2) is 24.3 Å². The van der Waals surface area contributed by atoms with Gasteiger partial charge in [0.15, 0.2) is 0 Å². The first-order chi connectivity index (χ1) is 15.7. The lowest BCUT2D eigenvalue weighted by molar-refractivity contribution is 0.564. The molecule has 0 unspecified atom stereocenters. The van der Waals surface area contributed by atoms with Gasteiger partial charge in [-0.25, -0.2) is 19.2 Å². The highest BCUT2D eigenvalue weighted by molar-refractivity contribution is 6.16. The molecule has 4 aromatic rings. The van der Waals surface area contributed by atoms with E-state index in [0.29, 0.717) is 55.4 Å². The Morgan fingerprint density at radius 1 is 0.438 bits per heavy atom. The molecular formula is C24H10N4O4. The summed E-state index contributed by atoms with van der Waals surface area (Å²) in [4.78, 5) is 59.0. The molecule has 0 amide bonds. The Morgan fingerprint density at radius 2 is 0.812 bits per heavy atom. The molecule has 150 valence electrons. The largest absolute Gasteiger partial charge is 0.240 e. The highest BCUT2D eigenvalue weighted by Crippen LogP contribution is 2.45. The third kappa shape index (κ3) is 3.38. The fraction of sp³-hybridized carbons (Fsp3) is 0. The zero-order valence-electron chi connectivity index (χ0n) is 16.2. The number of hydrogen-bond donors (Lipinski definition) is 0. The summed E-state index contributed by atoms with van der Waals surface area (Å²) in [6.45, 7) is 0. The van der Waals surface area contributed by atoms with Gasteiger partial charge in [-0.05, 0) is 35.4 Å². The molecule has 0 N–H and O–H groups in total. The van der Waals surface area contributed by atoms with Crippen molar-refractivity contribution < 1.29 is 19.2 Å². The first-order valence-corrected chi connectivity index (χ1v) is 9.16. The topological polar surface area (TPSA) is 118 Å². The predicted octanol–water partition coefficient (Wildman–Crippen LogP) is 5.53. The van der Waals surface area contributed by atoms with E-state index < -0.39 is 0 Å². The van der Waals surface area contributed by atoms with Crippen LogP contribution in [0.5, 0.6) is 0 Å². The Kier molecular flexibility index (Phi) is 5.52. The van der Waals surface area contributed by atoms with Gasteiger partial charge in [-0.3, -0.25) is 0 Å². The fourth-order valence-corrected chi connectivity index (χ4v) is 3.77. The molecule has 0 saturated carbocycles. The molecule has 32 heavy (non-hydrogen) atoms. The first kappa shape index (κ1) is 20.2. The fourth-order valence-electron chi connectivity index (χ4n) is 3.77. The molecule has 0 fully saturated rings. The Labute approximate surface area is 180 Å². The Bertz CT molecular complexity index is 1480. The molecular weight excluding hydrogens is 408 g/mol. The van der Waals surface area contributed by atoms with Gasteiger partial charge in [0, 0.05) is 21.5 Å². The van der Waals surface area contributed by atoms with Gasteiger partial charge in [-0.15, -0.1) is 0 Å². The van der Waals surface area contributed by atoms with Crippen molar-refractivity contribution in [1.82, 2.24) is 0 Å². The third-order valence-corrected chi connectivity index (χ3v) is 4.95. The smallest absolute Gasteiger partial charge is 0.211 e. The van der Waals surface area contributed by atoms with Gasteiger partial charge in [0.1, 0.15) is 0 Å². The summed E-state index contributed by atoms with van der Waals surface area (Å²) in [6, 6.07) is 16.8. The first-order valence-electron chi connectivity index (χ1n) is 9.16. The van der Waals surface area contributed by atoms with Gasteiger partial charge < -0.3 is 0 Å². The van der Waals surface area contributed by atoms with Gasteiger partial charge >= 0.3 is 0 Å². The molecule has 0 heterocycles. The number of aliphatic imine (C=N–C) groups is 4. The molecule has 0 saturated heterocycles. The van der Waals surface area contributed by atoms with Crippen LogP contribution in [-0.2, 0) is 19.2 Å².